The number of carbonyl (C=O) groups excluding carboxylic acids is 1. The number of nitrogens with zero attached hydrogens (tertiary/aromatic N) is 4. The van der Waals surface area contributed by atoms with Gasteiger partial charge in [0, 0.05) is 37.0 Å². The van der Waals surface area contributed by atoms with Crippen molar-refractivity contribution in [2.75, 3.05) is 7.05 Å². The van der Waals surface area contributed by atoms with Gasteiger partial charge in [-0.3, -0.25) is 19.6 Å². The van der Waals surface area contributed by atoms with Crippen molar-refractivity contribution in [2.45, 2.75) is 25.8 Å². The van der Waals surface area contributed by atoms with Crippen LogP contribution < -0.4 is 0 Å². The molecule has 0 unspecified atom stereocenters. The number of nitro groups is 1. The molecule has 1 amide bonds. The third-order valence-electron chi connectivity index (χ3n) is 4.26. The summed E-state index contributed by atoms with van der Waals surface area (Å²) in [5.74, 6) is -0.193. The highest BCUT2D eigenvalue weighted by molar-refractivity contribution is 5.94. The third-order valence-corrected chi connectivity index (χ3v) is 4.26. The van der Waals surface area contributed by atoms with Gasteiger partial charge in [-0.05, 0) is 19.3 Å². The number of carbonyl (C=O) groups is 1. The zero-order chi connectivity index (χ0) is 16.6. The molecule has 120 valence electrons. The van der Waals surface area contributed by atoms with Gasteiger partial charge in [0.25, 0.3) is 11.6 Å². The normalized spacial score (nSPS) is 13.0. The molecule has 0 atom stereocenters. The van der Waals surface area contributed by atoms with Crippen LogP contribution in [0.5, 0.6) is 0 Å². The highest BCUT2D eigenvalue weighted by Gasteiger charge is 2.27. The van der Waals surface area contributed by atoms with E-state index in [9.17, 15) is 14.9 Å². The van der Waals surface area contributed by atoms with Crippen molar-refractivity contribution >= 4 is 11.6 Å². The number of fused-ring (bicyclic) bond motifs is 1. The first-order chi connectivity index (χ1) is 11.0. The van der Waals surface area contributed by atoms with Crippen molar-refractivity contribution < 1.29 is 9.72 Å². The fourth-order valence-electron chi connectivity index (χ4n) is 3.11. The van der Waals surface area contributed by atoms with Crippen molar-refractivity contribution in [3.8, 4) is 0 Å². The lowest BCUT2D eigenvalue weighted by molar-refractivity contribution is -0.385. The molecule has 1 aromatic heterocycles. The van der Waals surface area contributed by atoms with Crippen LogP contribution in [0.4, 0.5) is 5.69 Å². The molecule has 0 radical (unpaired) electrons. The van der Waals surface area contributed by atoms with E-state index in [-0.39, 0.29) is 18.1 Å². The Labute approximate surface area is 133 Å². The number of aromatic nitrogens is 2. The Morgan fingerprint density at radius 2 is 2.13 bits per heavy atom. The number of hydrogen-bond donors (Lipinski definition) is 0. The average Bonchev–Trinajstić information content (AvgIpc) is 3.11. The first-order valence-electron chi connectivity index (χ1n) is 7.51. The summed E-state index contributed by atoms with van der Waals surface area (Å²) in [5.41, 5.74) is 3.15. The van der Waals surface area contributed by atoms with E-state index >= 15 is 0 Å². The summed E-state index contributed by atoms with van der Waals surface area (Å²) in [6, 6.07) is 6.48. The summed E-state index contributed by atoms with van der Waals surface area (Å²) in [6.07, 6.45) is 2.85. The van der Waals surface area contributed by atoms with Crippen molar-refractivity contribution in [1.82, 2.24) is 14.7 Å². The van der Waals surface area contributed by atoms with Crippen LogP contribution in [-0.4, -0.2) is 32.6 Å². The van der Waals surface area contributed by atoms with E-state index < -0.39 is 4.92 Å². The van der Waals surface area contributed by atoms with Gasteiger partial charge in [-0.2, -0.15) is 5.10 Å². The van der Waals surface area contributed by atoms with Gasteiger partial charge in [-0.1, -0.05) is 18.2 Å². The van der Waals surface area contributed by atoms with Crippen molar-refractivity contribution in [2.24, 2.45) is 7.05 Å². The summed E-state index contributed by atoms with van der Waals surface area (Å²) in [4.78, 5) is 24.8. The van der Waals surface area contributed by atoms with Crippen molar-refractivity contribution in [3.63, 3.8) is 0 Å². The predicted octanol–water partition coefficient (Wildman–Crippen LogP) is 2.09. The van der Waals surface area contributed by atoms with E-state index in [2.05, 4.69) is 5.10 Å². The number of nitro benzene ring substituents is 1. The number of aryl methyl sites for hydroxylation is 1. The quantitative estimate of drug-likeness (QED) is 0.639. The third kappa shape index (κ3) is 2.69. The second-order valence-corrected chi connectivity index (χ2v) is 5.80. The molecule has 7 heteroatoms. The molecule has 3 rings (SSSR count). The van der Waals surface area contributed by atoms with Gasteiger partial charge in [0.05, 0.1) is 11.5 Å². The molecule has 0 saturated carbocycles. The number of hydrogen-bond acceptors (Lipinski definition) is 4. The van der Waals surface area contributed by atoms with E-state index in [0.29, 0.717) is 11.3 Å². The van der Waals surface area contributed by atoms with Crippen molar-refractivity contribution in [3.05, 3.63) is 56.9 Å². The lowest BCUT2D eigenvalue weighted by Crippen LogP contribution is -2.27. The molecule has 1 heterocycles. The minimum atomic E-state index is -0.424. The molecular weight excluding hydrogens is 296 g/mol. The van der Waals surface area contributed by atoms with Gasteiger partial charge >= 0.3 is 0 Å². The molecule has 0 spiro atoms. The van der Waals surface area contributed by atoms with E-state index in [1.54, 1.807) is 29.9 Å². The van der Waals surface area contributed by atoms with Crippen LogP contribution in [0.2, 0.25) is 0 Å². The molecule has 1 aliphatic rings. The zero-order valence-corrected chi connectivity index (χ0v) is 13.2. The van der Waals surface area contributed by atoms with E-state index in [1.807, 2.05) is 7.05 Å². The fourth-order valence-corrected chi connectivity index (χ4v) is 3.11. The van der Waals surface area contributed by atoms with Crippen LogP contribution in [-0.2, 0) is 26.4 Å². The fraction of sp³-hybridized carbons (Fsp3) is 0.375. The van der Waals surface area contributed by atoms with Gasteiger partial charge in [0.1, 0.15) is 0 Å². The summed E-state index contributed by atoms with van der Waals surface area (Å²) in [5, 5.41) is 15.4. The Kier molecular flexibility index (Phi) is 3.85. The monoisotopic (exact) mass is 314 g/mol. The molecule has 0 saturated heterocycles. The van der Waals surface area contributed by atoms with E-state index in [1.165, 1.54) is 11.0 Å². The van der Waals surface area contributed by atoms with Crippen LogP contribution >= 0.6 is 0 Å². The van der Waals surface area contributed by atoms with Crippen LogP contribution in [0.3, 0.4) is 0 Å². The lowest BCUT2D eigenvalue weighted by atomic mass is 10.1. The largest absolute Gasteiger partial charge is 0.336 e. The molecular formula is C16H18N4O3. The molecule has 1 aromatic carbocycles. The maximum atomic E-state index is 12.7. The average molecular weight is 314 g/mol. The second kappa shape index (κ2) is 5.83. The predicted molar refractivity (Wildman–Crippen MR) is 84.1 cm³/mol. The Balaban J connectivity index is 1.84. The number of rotatable bonds is 4. The first kappa shape index (κ1) is 15.2. The molecule has 1 aliphatic carbocycles. The van der Waals surface area contributed by atoms with Gasteiger partial charge in [-0.15, -0.1) is 0 Å². The Morgan fingerprint density at radius 1 is 1.39 bits per heavy atom. The van der Waals surface area contributed by atoms with Crippen molar-refractivity contribution in [1.29, 1.82) is 0 Å². The van der Waals surface area contributed by atoms with Crippen LogP contribution in [0, 0.1) is 10.1 Å². The Morgan fingerprint density at radius 3 is 2.87 bits per heavy atom. The van der Waals surface area contributed by atoms with Crippen LogP contribution in [0.1, 0.15) is 33.7 Å². The van der Waals surface area contributed by atoms with E-state index in [4.69, 9.17) is 0 Å². The number of benzene rings is 1. The molecule has 23 heavy (non-hydrogen) atoms. The SMILES string of the molecule is CN(Cc1ccccc1[N+](=O)[O-])C(=O)c1nn(C)c2c1CCC2. The summed E-state index contributed by atoms with van der Waals surface area (Å²) >= 11 is 0. The Bertz CT molecular complexity index is 782. The zero-order valence-electron chi connectivity index (χ0n) is 13.2. The minimum absolute atomic E-state index is 0.0263. The number of amides is 1. The molecule has 7 nitrogen and oxygen atoms in total. The van der Waals surface area contributed by atoms with E-state index in [0.717, 1.165) is 30.5 Å². The van der Waals surface area contributed by atoms with Crippen LogP contribution in [0.15, 0.2) is 24.3 Å². The van der Waals surface area contributed by atoms with Gasteiger partial charge in [-0.25, -0.2) is 0 Å². The molecule has 2 aromatic rings. The Hall–Kier alpha value is -2.70. The summed E-state index contributed by atoms with van der Waals surface area (Å²) in [6.45, 7) is 0.182. The standard InChI is InChI=1S/C16H18N4O3/c1-18(10-11-6-3-4-8-13(11)20(22)23)16(21)15-12-7-5-9-14(12)19(2)17-15/h3-4,6,8H,5,7,9-10H2,1-2H3. The molecule has 0 fully saturated rings. The summed E-state index contributed by atoms with van der Waals surface area (Å²) < 4.78 is 1.77. The first-order valence-corrected chi connectivity index (χ1v) is 7.51. The smallest absolute Gasteiger partial charge is 0.274 e. The number of para-hydroxylation sites is 1. The maximum absolute atomic E-state index is 12.7. The molecule has 0 bridgehead atoms. The topological polar surface area (TPSA) is 81.3 Å². The lowest BCUT2D eigenvalue weighted by Gasteiger charge is -2.16. The van der Waals surface area contributed by atoms with Gasteiger partial charge in [0.2, 0.25) is 0 Å². The minimum Gasteiger partial charge on any atom is -0.336 e. The highest BCUT2D eigenvalue weighted by atomic mass is 16.6. The second-order valence-electron chi connectivity index (χ2n) is 5.80. The summed E-state index contributed by atoms with van der Waals surface area (Å²) in [7, 11) is 3.50. The van der Waals surface area contributed by atoms with Gasteiger partial charge in [0.15, 0.2) is 5.69 Å². The molecule has 0 N–H and O–H groups in total. The van der Waals surface area contributed by atoms with Crippen LogP contribution in [0.25, 0.3) is 0 Å². The highest BCUT2D eigenvalue weighted by Crippen LogP contribution is 2.26. The molecule has 0 aliphatic heterocycles. The maximum Gasteiger partial charge on any atom is 0.274 e. The van der Waals surface area contributed by atoms with Gasteiger partial charge < -0.3 is 4.90 Å².